The van der Waals surface area contributed by atoms with E-state index in [2.05, 4.69) is 9.72 Å². The predicted molar refractivity (Wildman–Crippen MR) is 163 cm³/mol. The van der Waals surface area contributed by atoms with Gasteiger partial charge in [-0.15, -0.1) is 13.2 Å². The number of benzene rings is 3. The second-order valence-electron chi connectivity index (χ2n) is 10.5. The molecule has 1 atom stereocenters. The van der Waals surface area contributed by atoms with Gasteiger partial charge in [0, 0.05) is 44.9 Å². The van der Waals surface area contributed by atoms with Crippen molar-refractivity contribution in [2.24, 2.45) is 5.14 Å². The quantitative estimate of drug-likeness (QED) is 0.205. The monoisotopic (exact) mass is 661 g/mol. The molecule has 1 fully saturated rings. The number of carbonyl (C=O) groups excluding carboxylic acids is 1. The Morgan fingerprint density at radius 3 is 1.86 bits per heavy atom. The highest BCUT2D eigenvalue weighted by Gasteiger charge is 2.31. The van der Waals surface area contributed by atoms with Gasteiger partial charge in [0.15, 0.2) is 0 Å². The Kier molecular flexibility index (Phi) is 11.7. The molecule has 8 nitrogen and oxygen atoms in total. The van der Waals surface area contributed by atoms with Crippen LogP contribution in [0.3, 0.4) is 0 Å². The zero-order valence-electron chi connectivity index (χ0n) is 23.6. The summed E-state index contributed by atoms with van der Waals surface area (Å²) in [6.07, 6.45) is -3.94. The number of likely N-dealkylation sites (tertiary alicyclic amines) is 1. The van der Waals surface area contributed by atoms with Gasteiger partial charge in [-0.05, 0) is 94.3 Å². The molecule has 0 spiro atoms. The summed E-state index contributed by atoms with van der Waals surface area (Å²) in [7, 11) is -1.70. The van der Waals surface area contributed by atoms with E-state index in [-0.39, 0.29) is 22.8 Å². The fraction of sp³-hybridized carbons (Fsp3) is 0.345. The molecule has 1 aliphatic rings. The number of aromatic amines is 1. The minimum atomic E-state index is -4.72. The van der Waals surface area contributed by atoms with Crippen LogP contribution < -0.4 is 9.88 Å². The summed E-state index contributed by atoms with van der Waals surface area (Å²) in [5, 5.41) is 18.0. The molecular weight excluding hydrogens is 630 g/mol. The molecule has 43 heavy (non-hydrogen) atoms. The molecule has 4 aromatic rings. The Bertz CT molecular complexity index is 1500. The van der Waals surface area contributed by atoms with E-state index in [4.69, 9.17) is 33.1 Å². The van der Waals surface area contributed by atoms with E-state index >= 15 is 0 Å². The third kappa shape index (κ3) is 11.2. The third-order valence-electron chi connectivity index (χ3n) is 5.93. The first kappa shape index (κ1) is 34.5. The summed E-state index contributed by atoms with van der Waals surface area (Å²) in [5.74, 6) is -0.369. The highest BCUT2D eigenvalue weighted by Crippen LogP contribution is 2.29. The van der Waals surface area contributed by atoms with Gasteiger partial charge in [0.2, 0.25) is 0 Å². The first-order valence-corrected chi connectivity index (χ1v) is 15.0. The number of aliphatic hydroxyl groups is 1. The minimum absolute atomic E-state index is 0.236. The van der Waals surface area contributed by atoms with E-state index in [1.54, 1.807) is 4.90 Å². The summed E-state index contributed by atoms with van der Waals surface area (Å²) in [6.45, 7) is 6.74. The number of halogens is 5. The van der Waals surface area contributed by atoms with Gasteiger partial charge in [0.25, 0.3) is 0 Å². The van der Waals surface area contributed by atoms with Crippen LogP contribution in [-0.2, 0) is 15.7 Å². The van der Waals surface area contributed by atoms with E-state index in [1.165, 1.54) is 12.1 Å². The standard InChI is InChI=1S/C12H7Cl2N.C10H19NO3.C7H6F3NO2S/c13-7-1-3-11-9(5-7)10-6-8(14)2-4-12(10)15-11;1-10(2,3)14-9(13)11-6-4-8(12)5-7-11;8-7(9,10)13-5-1-3-6(4-2-5)14(11)12/h1-6,15H;8,12H,4-7H2,1-3H3;1-4H,11H2. The second-order valence-corrected chi connectivity index (χ2v) is 12.5. The van der Waals surface area contributed by atoms with Gasteiger partial charge in [0.1, 0.15) is 22.3 Å². The van der Waals surface area contributed by atoms with Crippen LogP contribution in [0.2, 0.25) is 10.0 Å². The van der Waals surface area contributed by atoms with Gasteiger partial charge in [-0.2, -0.15) is 0 Å². The Morgan fingerprint density at radius 1 is 0.953 bits per heavy atom. The Balaban J connectivity index is 0.000000177. The lowest BCUT2D eigenvalue weighted by Gasteiger charge is -2.31. The number of piperidine rings is 1. The minimum Gasteiger partial charge on any atom is -0.444 e. The molecule has 0 aliphatic carbocycles. The highest BCUT2D eigenvalue weighted by molar-refractivity contribution is 7.82. The average molecular weight is 663 g/mol. The number of aromatic nitrogens is 1. The first-order valence-electron chi connectivity index (χ1n) is 13.1. The van der Waals surface area contributed by atoms with Gasteiger partial charge < -0.3 is 24.5 Å². The molecule has 234 valence electrons. The molecule has 1 amide bonds. The van der Waals surface area contributed by atoms with Crippen molar-refractivity contribution in [3.05, 3.63) is 70.7 Å². The normalized spacial score (nSPS) is 14.8. The lowest BCUT2D eigenvalue weighted by Crippen LogP contribution is -2.42. The smallest absolute Gasteiger partial charge is 0.444 e. The number of fused-ring (bicyclic) bond motifs is 3. The summed E-state index contributed by atoms with van der Waals surface area (Å²) in [4.78, 5) is 16.7. The van der Waals surface area contributed by atoms with Crippen molar-refractivity contribution in [2.45, 2.75) is 56.6 Å². The number of amides is 1. The largest absolute Gasteiger partial charge is 0.573 e. The number of H-pyrrole nitrogens is 1. The SMILES string of the molecule is CC(C)(C)OC(=O)N1CCC(O)CC1.Clc1ccc2[nH]c3ccc(Cl)cc3c2c1.NS(=O)c1ccc(OC(F)(F)F)cc1. The van der Waals surface area contributed by atoms with Crippen LogP contribution in [-0.4, -0.2) is 56.4 Å². The van der Waals surface area contributed by atoms with Crippen molar-refractivity contribution in [3.8, 4) is 5.75 Å². The van der Waals surface area contributed by atoms with Gasteiger partial charge >= 0.3 is 12.5 Å². The van der Waals surface area contributed by atoms with Crippen molar-refractivity contribution in [2.75, 3.05) is 13.1 Å². The van der Waals surface area contributed by atoms with E-state index in [1.807, 2.05) is 57.2 Å². The maximum atomic E-state index is 11.7. The molecule has 1 aromatic heterocycles. The molecule has 1 unspecified atom stereocenters. The van der Waals surface area contributed by atoms with Crippen molar-refractivity contribution in [3.63, 3.8) is 0 Å². The molecule has 2 heterocycles. The Labute approximate surface area is 259 Å². The summed E-state index contributed by atoms with van der Waals surface area (Å²) >= 11 is 11.9. The van der Waals surface area contributed by atoms with Gasteiger partial charge in [0.05, 0.1) is 11.0 Å². The van der Waals surface area contributed by atoms with E-state index in [0.717, 1.165) is 44.0 Å². The van der Waals surface area contributed by atoms with Gasteiger partial charge in [-0.1, -0.05) is 23.2 Å². The lowest BCUT2D eigenvalue weighted by molar-refractivity contribution is -0.274. The fourth-order valence-corrected chi connectivity index (χ4v) is 4.74. The number of ether oxygens (including phenoxy) is 2. The lowest BCUT2D eigenvalue weighted by atomic mass is 10.1. The maximum Gasteiger partial charge on any atom is 0.573 e. The second kappa shape index (κ2) is 14.6. The predicted octanol–water partition coefficient (Wildman–Crippen LogP) is 7.57. The highest BCUT2D eigenvalue weighted by atomic mass is 35.5. The van der Waals surface area contributed by atoms with E-state index < -0.39 is 22.9 Å². The molecule has 0 saturated carbocycles. The van der Waals surface area contributed by atoms with Gasteiger partial charge in [-0.25, -0.2) is 14.1 Å². The number of nitrogens with zero attached hydrogens (tertiary/aromatic N) is 1. The van der Waals surface area contributed by atoms with Crippen LogP contribution in [0.25, 0.3) is 21.8 Å². The Morgan fingerprint density at radius 2 is 1.44 bits per heavy atom. The molecule has 1 aliphatic heterocycles. The molecule has 0 radical (unpaired) electrons. The van der Waals surface area contributed by atoms with Crippen LogP contribution in [0.1, 0.15) is 33.6 Å². The third-order valence-corrected chi connectivity index (χ3v) is 7.14. The fourth-order valence-electron chi connectivity index (χ4n) is 3.99. The maximum absolute atomic E-state index is 11.7. The zero-order chi connectivity index (χ0) is 31.9. The van der Waals surface area contributed by atoms with Crippen LogP contribution in [0.5, 0.6) is 5.75 Å². The van der Waals surface area contributed by atoms with Crippen molar-refractivity contribution in [1.29, 1.82) is 0 Å². The van der Waals surface area contributed by atoms with Crippen molar-refractivity contribution < 1.29 is 36.8 Å². The number of nitrogens with two attached hydrogens (primary N) is 1. The van der Waals surface area contributed by atoms with Crippen molar-refractivity contribution >= 4 is 62.1 Å². The number of carbonyl (C=O) groups is 1. The van der Waals surface area contributed by atoms with Crippen LogP contribution >= 0.6 is 23.2 Å². The number of hydrogen-bond donors (Lipinski definition) is 3. The van der Waals surface area contributed by atoms with Crippen LogP contribution in [0.4, 0.5) is 18.0 Å². The average Bonchev–Trinajstić information content (AvgIpc) is 3.25. The van der Waals surface area contributed by atoms with E-state index in [9.17, 15) is 27.3 Å². The number of hydrogen-bond acceptors (Lipinski definition) is 5. The molecular formula is C29H32Cl2F3N3O5S. The molecule has 1 saturated heterocycles. The van der Waals surface area contributed by atoms with Crippen LogP contribution in [0.15, 0.2) is 65.6 Å². The molecule has 3 aromatic carbocycles. The summed E-state index contributed by atoms with van der Waals surface area (Å²) in [6, 6.07) is 16.1. The Hall–Kier alpha value is -3.03. The number of nitrogens with one attached hydrogen (secondary N) is 1. The number of rotatable bonds is 2. The van der Waals surface area contributed by atoms with Gasteiger partial charge in [-0.3, -0.25) is 0 Å². The molecule has 4 N–H and O–H groups in total. The number of aliphatic hydroxyl groups excluding tert-OH is 1. The molecule has 0 bridgehead atoms. The molecule has 5 rings (SSSR count). The first-order chi connectivity index (χ1) is 20.0. The zero-order valence-corrected chi connectivity index (χ0v) is 25.9. The summed E-state index contributed by atoms with van der Waals surface area (Å²) in [5.41, 5.74) is 1.72. The topological polar surface area (TPSA) is 118 Å². The van der Waals surface area contributed by atoms with Crippen LogP contribution in [0, 0.1) is 0 Å². The summed E-state index contributed by atoms with van der Waals surface area (Å²) < 4.78 is 54.6. The molecule has 14 heteroatoms. The number of alkyl halides is 3. The van der Waals surface area contributed by atoms with E-state index in [0.29, 0.717) is 25.9 Å². The van der Waals surface area contributed by atoms with Crippen molar-refractivity contribution in [1.82, 2.24) is 9.88 Å².